The van der Waals surface area contributed by atoms with Crippen molar-refractivity contribution in [1.29, 1.82) is 0 Å². The van der Waals surface area contributed by atoms with Gasteiger partial charge in [-0.2, -0.15) is 0 Å². The molecule has 1 heterocycles. The van der Waals surface area contributed by atoms with E-state index in [1.807, 2.05) is 6.92 Å². The number of aryl methyl sites for hydroxylation is 1. The fourth-order valence-corrected chi connectivity index (χ4v) is 2.77. The monoisotopic (exact) mass is 302 g/mol. The number of nitrogens with one attached hydrogen (secondary N) is 1. The summed E-state index contributed by atoms with van der Waals surface area (Å²) in [4.78, 5) is 15.9. The van der Waals surface area contributed by atoms with Crippen molar-refractivity contribution < 1.29 is 8.42 Å². The van der Waals surface area contributed by atoms with Gasteiger partial charge in [-0.3, -0.25) is 4.79 Å². The lowest BCUT2D eigenvalue weighted by Crippen LogP contribution is -2.32. The Kier molecular flexibility index (Phi) is 6.15. The van der Waals surface area contributed by atoms with Gasteiger partial charge in [0, 0.05) is 38.6 Å². The van der Waals surface area contributed by atoms with E-state index in [0.29, 0.717) is 38.4 Å². The van der Waals surface area contributed by atoms with Gasteiger partial charge in [-0.25, -0.2) is 17.7 Å². The molecule has 0 fully saturated rings. The van der Waals surface area contributed by atoms with E-state index < -0.39 is 10.0 Å². The lowest BCUT2D eigenvalue weighted by molar-refractivity contribution is 0.428. The van der Waals surface area contributed by atoms with E-state index >= 15 is 0 Å². The first-order valence-electron chi connectivity index (χ1n) is 6.64. The van der Waals surface area contributed by atoms with Gasteiger partial charge in [0.05, 0.1) is 6.26 Å². The van der Waals surface area contributed by atoms with Crippen LogP contribution in [-0.2, 0) is 16.6 Å². The second-order valence-electron chi connectivity index (χ2n) is 4.40. The molecule has 8 heteroatoms. The molecule has 114 valence electrons. The third kappa shape index (κ3) is 4.61. The molecule has 0 aromatic carbocycles. The lowest BCUT2D eigenvalue weighted by atomic mass is 10.4. The van der Waals surface area contributed by atoms with Crippen LogP contribution in [0.25, 0.3) is 0 Å². The number of aromatic nitrogens is 2. The van der Waals surface area contributed by atoms with Crippen molar-refractivity contribution in [2.75, 3.05) is 31.2 Å². The summed E-state index contributed by atoms with van der Waals surface area (Å²) in [6.07, 6.45) is 5.02. The smallest absolute Gasteiger partial charge is 0.293 e. The van der Waals surface area contributed by atoms with Gasteiger partial charge in [-0.1, -0.05) is 6.92 Å². The van der Waals surface area contributed by atoms with Crippen LogP contribution in [0.5, 0.6) is 0 Å². The summed E-state index contributed by atoms with van der Waals surface area (Å²) in [6, 6.07) is 0. The Labute approximate surface area is 119 Å². The highest BCUT2D eigenvalue weighted by atomic mass is 32.2. The summed E-state index contributed by atoms with van der Waals surface area (Å²) in [5.41, 5.74) is -0.162. The second kappa shape index (κ2) is 7.39. The molecule has 20 heavy (non-hydrogen) atoms. The van der Waals surface area contributed by atoms with Crippen molar-refractivity contribution in [1.82, 2.24) is 13.9 Å². The van der Waals surface area contributed by atoms with Gasteiger partial charge in [0.15, 0.2) is 5.82 Å². The number of hydrogen-bond donors (Lipinski definition) is 1. The molecule has 0 bridgehead atoms. The molecular weight excluding hydrogens is 280 g/mol. The quantitative estimate of drug-likeness (QED) is 0.700. The molecular formula is C12H22N4O3S. The second-order valence-corrected chi connectivity index (χ2v) is 6.38. The first kappa shape index (κ1) is 16.6. The Morgan fingerprint density at radius 2 is 2.10 bits per heavy atom. The lowest BCUT2D eigenvalue weighted by Gasteiger charge is -2.17. The highest BCUT2D eigenvalue weighted by Crippen LogP contribution is 2.00. The van der Waals surface area contributed by atoms with Gasteiger partial charge in [0.1, 0.15) is 0 Å². The van der Waals surface area contributed by atoms with Crippen LogP contribution in [0.15, 0.2) is 17.2 Å². The minimum Gasteiger partial charge on any atom is -0.365 e. The van der Waals surface area contributed by atoms with Crippen LogP contribution in [0.4, 0.5) is 5.82 Å². The van der Waals surface area contributed by atoms with Crippen molar-refractivity contribution in [3.8, 4) is 0 Å². The molecule has 0 saturated carbocycles. The zero-order valence-corrected chi connectivity index (χ0v) is 13.0. The zero-order chi connectivity index (χ0) is 15.2. The molecule has 0 aliphatic carbocycles. The zero-order valence-electron chi connectivity index (χ0n) is 12.2. The van der Waals surface area contributed by atoms with Crippen LogP contribution in [0.2, 0.25) is 0 Å². The molecule has 0 radical (unpaired) electrons. The van der Waals surface area contributed by atoms with Crippen molar-refractivity contribution in [2.45, 2.75) is 26.8 Å². The van der Waals surface area contributed by atoms with Crippen molar-refractivity contribution in [3.05, 3.63) is 22.7 Å². The van der Waals surface area contributed by atoms with E-state index in [9.17, 15) is 13.2 Å². The molecule has 0 unspecified atom stereocenters. The molecule has 1 rings (SSSR count). The average molecular weight is 302 g/mol. The summed E-state index contributed by atoms with van der Waals surface area (Å²) < 4.78 is 25.8. The maximum atomic E-state index is 11.9. The predicted octanol–water partition coefficient (Wildman–Crippen LogP) is 0.347. The summed E-state index contributed by atoms with van der Waals surface area (Å²) in [5.74, 6) is 0.303. The SMILES string of the molecule is CCN(CCCNc1nccn(CC)c1=O)S(C)(=O)=O. The van der Waals surface area contributed by atoms with E-state index in [-0.39, 0.29) is 5.56 Å². The van der Waals surface area contributed by atoms with Gasteiger partial charge < -0.3 is 9.88 Å². The Morgan fingerprint density at radius 1 is 1.40 bits per heavy atom. The number of rotatable bonds is 8. The average Bonchev–Trinajstić information content (AvgIpc) is 2.39. The molecule has 1 N–H and O–H groups in total. The van der Waals surface area contributed by atoms with Crippen LogP contribution >= 0.6 is 0 Å². The fourth-order valence-electron chi connectivity index (χ4n) is 1.84. The van der Waals surface area contributed by atoms with Crippen LogP contribution in [0.3, 0.4) is 0 Å². The summed E-state index contributed by atoms with van der Waals surface area (Å²) in [5, 5.41) is 2.95. The largest absolute Gasteiger partial charge is 0.365 e. The van der Waals surface area contributed by atoms with Gasteiger partial charge in [0.2, 0.25) is 10.0 Å². The van der Waals surface area contributed by atoms with Crippen LogP contribution < -0.4 is 10.9 Å². The van der Waals surface area contributed by atoms with Gasteiger partial charge >= 0.3 is 0 Å². The maximum absolute atomic E-state index is 11.9. The highest BCUT2D eigenvalue weighted by molar-refractivity contribution is 7.88. The first-order valence-corrected chi connectivity index (χ1v) is 8.49. The predicted molar refractivity (Wildman–Crippen MR) is 79.4 cm³/mol. The van der Waals surface area contributed by atoms with Gasteiger partial charge in [-0.15, -0.1) is 0 Å². The number of hydrogen-bond acceptors (Lipinski definition) is 5. The third-order valence-corrected chi connectivity index (χ3v) is 4.33. The molecule has 0 aliphatic heterocycles. The standard InChI is InChI=1S/C12H22N4O3S/c1-4-15-10-8-14-11(12(15)17)13-7-6-9-16(5-2)20(3,18)19/h8,10H,4-7,9H2,1-3H3,(H,13,14). The third-order valence-electron chi connectivity index (χ3n) is 2.95. The maximum Gasteiger partial charge on any atom is 0.293 e. The van der Waals surface area contributed by atoms with Crippen molar-refractivity contribution in [3.63, 3.8) is 0 Å². The van der Waals surface area contributed by atoms with E-state index in [1.54, 1.807) is 23.9 Å². The number of nitrogens with zero attached hydrogens (tertiary/aromatic N) is 3. The van der Waals surface area contributed by atoms with Gasteiger partial charge in [0.25, 0.3) is 5.56 Å². The first-order chi connectivity index (χ1) is 9.40. The minimum atomic E-state index is -3.15. The van der Waals surface area contributed by atoms with Crippen LogP contribution in [0.1, 0.15) is 20.3 Å². The Morgan fingerprint density at radius 3 is 2.65 bits per heavy atom. The summed E-state index contributed by atoms with van der Waals surface area (Å²) >= 11 is 0. The molecule has 0 aliphatic rings. The van der Waals surface area contributed by atoms with Crippen LogP contribution in [-0.4, -0.2) is 48.2 Å². The summed E-state index contributed by atoms with van der Waals surface area (Å²) in [6.45, 7) is 5.65. The fraction of sp³-hybridized carbons (Fsp3) is 0.667. The molecule has 7 nitrogen and oxygen atoms in total. The summed E-state index contributed by atoms with van der Waals surface area (Å²) in [7, 11) is -3.15. The Balaban J connectivity index is 2.52. The minimum absolute atomic E-state index is 0.162. The molecule has 0 amide bonds. The topological polar surface area (TPSA) is 84.3 Å². The highest BCUT2D eigenvalue weighted by Gasteiger charge is 2.13. The number of sulfonamides is 1. The Hall–Kier alpha value is -1.41. The van der Waals surface area contributed by atoms with E-state index in [2.05, 4.69) is 10.3 Å². The molecule has 1 aromatic rings. The normalized spacial score (nSPS) is 11.8. The van der Waals surface area contributed by atoms with E-state index in [0.717, 1.165) is 0 Å². The van der Waals surface area contributed by atoms with E-state index in [4.69, 9.17) is 0 Å². The van der Waals surface area contributed by atoms with Crippen molar-refractivity contribution in [2.24, 2.45) is 0 Å². The molecule has 0 atom stereocenters. The number of anilines is 1. The molecule has 0 spiro atoms. The Bertz CT molecular complexity index is 583. The van der Waals surface area contributed by atoms with E-state index in [1.165, 1.54) is 10.6 Å². The van der Waals surface area contributed by atoms with Crippen molar-refractivity contribution >= 4 is 15.8 Å². The molecule has 0 saturated heterocycles. The van der Waals surface area contributed by atoms with Crippen LogP contribution in [0, 0.1) is 0 Å². The molecule has 1 aromatic heterocycles. The van der Waals surface area contributed by atoms with Gasteiger partial charge in [-0.05, 0) is 13.3 Å².